The van der Waals surface area contributed by atoms with Gasteiger partial charge in [0.25, 0.3) is 15.9 Å². The molecule has 32 heavy (non-hydrogen) atoms. The van der Waals surface area contributed by atoms with Crippen LogP contribution in [0.25, 0.3) is 0 Å². The zero-order chi connectivity index (χ0) is 23.3. The fourth-order valence-corrected chi connectivity index (χ4v) is 5.13. The van der Waals surface area contributed by atoms with Gasteiger partial charge in [0, 0.05) is 12.6 Å². The van der Waals surface area contributed by atoms with Crippen molar-refractivity contribution in [2.75, 3.05) is 17.5 Å². The van der Waals surface area contributed by atoms with Gasteiger partial charge in [-0.1, -0.05) is 30.3 Å². The molecule has 0 radical (unpaired) electrons. The smallest absolute Gasteiger partial charge is 0.338 e. The molecular formula is C22H23N3O6S. The quantitative estimate of drug-likeness (QED) is 0.484. The lowest BCUT2D eigenvalue weighted by molar-refractivity contribution is -0.123. The summed E-state index contributed by atoms with van der Waals surface area (Å²) in [5.41, 5.74) is 1.51. The van der Waals surface area contributed by atoms with Gasteiger partial charge in [-0.25, -0.2) is 18.0 Å². The number of nitrogens with one attached hydrogen (secondary N) is 2. The summed E-state index contributed by atoms with van der Waals surface area (Å²) >= 11 is 0. The average Bonchev–Trinajstić information content (AvgIpc) is 3.12. The summed E-state index contributed by atoms with van der Waals surface area (Å²) in [6.07, 6.45) is 2.03. The number of amides is 3. The van der Waals surface area contributed by atoms with Crippen LogP contribution in [-0.2, 0) is 26.0 Å². The second kappa shape index (κ2) is 9.65. The number of fused-ring (bicyclic) bond motifs is 1. The summed E-state index contributed by atoms with van der Waals surface area (Å²) in [6, 6.07) is 11.7. The summed E-state index contributed by atoms with van der Waals surface area (Å²) in [7, 11) is -3.93. The molecule has 0 fully saturated rings. The molecule has 168 valence electrons. The van der Waals surface area contributed by atoms with Crippen LogP contribution in [-0.4, -0.2) is 45.5 Å². The molecule has 1 aliphatic rings. The Morgan fingerprint density at radius 3 is 2.69 bits per heavy atom. The van der Waals surface area contributed by atoms with Gasteiger partial charge in [0.2, 0.25) is 0 Å². The molecular weight excluding hydrogens is 434 g/mol. The molecule has 0 spiro atoms. The summed E-state index contributed by atoms with van der Waals surface area (Å²) in [5, 5.41) is 4.34. The number of carbonyl (C=O) groups is 3. The number of imide groups is 1. The Hall–Kier alpha value is -3.66. The molecule has 9 nitrogen and oxygen atoms in total. The zero-order valence-electron chi connectivity index (χ0n) is 17.4. The number of sulfonamides is 1. The standard InChI is InChI=1S/C22H23N3O6S/c1-3-11-23-22(28)24-20(26)14-31-21(27)17-8-6-9-18(13-17)32(29,30)25-15(2)12-16-7-4-5-10-19(16)25/h3-10,13,15H,1,11-12,14H2,2H3,(H2,23,24,26,28). The Balaban J connectivity index is 1.71. The van der Waals surface area contributed by atoms with Crippen molar-refractivity contribution in [3.05, 3.63) is 72.3 Å². The molecule has 2 N–H and O–H groups in total. The van der Waals surface area contributed by atoms with E-state index in [9.17, 15) is 22.8 Å². The maximum absolute atomic E-state index is 13.3. The minimum atomic E-state index is -3.93. The van der Waals surface area contributed by atoms with Crippen molar-refractivity contribution in [2.24, 2.45) is 0 Å². The predicted molar refractivity (Wildman–Crippen MR) is 118 cm³/mol. The van der Waals surface area contributed by atoms with Gasteiger partial charge >= 0.3 is 12.0 Å². The molecule has 3 rings (SSSR count). The third-order valence-corrected chi connectivity index (χ3v) is 6.69. The number of nitrogens with zero attached hydrogens (tertiary/aromatic N) is 1. The zero-order valence-corrected chi connectivity index (χ0v) is 18.2. The van der Waals surface area contributed by atoms with Crippen LogP contribution < -0.4 is 14.9 Å². The molecule has 10 heteroatoms. The molecule has 0 aromatic heterocycles. The summed E-state index contributed by atoms with van der Waals surface area (Å²) in [6.45, 7) is 4.71. The minimum Gasteiger partial charge on any atom is -0.452 e. The van der Waals surface area contributed by atoms with E-state index in [0.717, 1.165) is 5.56 Å². The van der Waals surface area contributed by atoms with Gasteiger partial charge in [0.1, 0.15) is 0 Å². The van der Waals surface area contributed by atoms with Crippen LogP contribution in [0.15, 0.2) is 66.1 Å². The Kier molecular flexibility index (Phi) is 6.94. The Labute approximate surface area is 186 Å². The molecule has 3 amide bonds. The van der Waals surface area contributed by atoms with Crippen LogP contribution in [0.4, 0.5) is 10.5 Å². The highest BCUT2D eigenvalue weighted by Gasteiger charge is 2.36. The van der Waals surface area contributed by atoms with E-state index in [2.05, 4.69) is 11.9 Å². The van der Waals surface area contributed by atoms with E-state index in [1.54, 1.807) is 12.1 Å². The maximum atomic E-state index is 13.3. The number of hydrogen-bond donors (Lipinski definition) is 2. The highest BCUT2D eigenvalue weighted by Crippen LogP contribution is 2.36. The SMILES string of the molecule is C=CCNC(=O)NC(=O)COC(=O)c1cccc(S(=O)(=O)N2c3ccccc3CC2C)c1. The van der Waals surface area contributed by atoms with Gasteiger partial charge in [-0.05, 0) is 43.2 Å². The van der Waals surface area contributed by atoms with Crippen LogP contribution in [0.5, 0.6) is 0 Å². The average molecular weight is 458 g/mol. The number of anilines is 1. The minimum absolute atomic E-state index is 0.0323. The van der Waals surface area contributed by atoms with E-state index < -0.39 is 34.5 Å². The molecule has 1 atom stereocenters. The van der Waals surface area contributed by atoms with Crippen LogP contribution in [0.1, 0.15) is 22.8 Å². The summed E-state index contributed by atoms with van der Waals surface area (Å²) in [5.74, 6) is -1.72. The van der Waals surface area contributed by atoms with Crippen molar-refractivity contribution in [2.45, 2.75) is 24.3 Å². The van der Waals surface area contributed by atoms with Gasteiger partial charge in [0.15, 0.2) is 6.61 Å². The fraction of sp³-hybridized carbons (Fsp3) is 0.227. The van der Waals surface area contributed by atoms with Gasteiger partial charge in [-0.3, -0.25) is 14.4 Å². The first-order chi connectivity index (χ1) is 15.2. The fourth-order valence-electron chi connectivity index (χ4n) is 3.39. The maximum Gasteiger partial charge on any atom is 0.338 e. The molecule has 2 aromatic carbocycles. The number of carbonyl (C=O) groups excluding carboxylic acids is 3. The lowest BCUT2D eigenvalue weighted by Crippen LogP contribution is -2.41. The number of esters is 1. The number of benzene rings is 2. The molecule has 0 bridgehead atoms. The molecule has 0 saturated heterocycles. The van der Waals surface area contributed by atoms with Crippen LogP contribution in [0, 0.1) is 0 Å². The molecule has 2 aromatic rings. The molecule has 1 aliphatic heterocycles. The van der Waals surface area contributed by atoms with E-state index in [1.165, 1.54) is 34.6 Å². The Morgan fingerprint density at radius 2 is 1.94 bits per heavy atom. The Morgan fingerprint density at radius 1 is 1.19 bits per heavy atom. The largest absolute Gasteiger partial charge is 0.452 e. The Bertz CT molecular complexity index is 1160. The summed E-state index contributed by atoms with van der Waals surface area (Å²) in [4.78, 5) is 35.4. The number of rotatable bonds is 7. The van der Waals surface area contributed by atoms with E-state index in [1.807, 2.05) is 24.4 Å². The van der Waals surface area contributed by atoms with Crippen molar-refractivity contribution in [3.63, 3.8) is 0 Å². The third kappa shape index (κ3) is 4.97. The van der Waals surface area contributed by atoms with Gasteiger partial charge in [-0.15, -0.1) is 6.58 Å². The lowest BCUT2D eigenvalue weighted by atomic mass is 10.1. The summed E-state index contributed by atoms with van der Waals surface area (Å²) < 4.78 is 32.9. The van der Waals surface area contributed by atoms with E-state index >= 15 is 0 Å². The van der Waals surface area contributed by atoms with E-state index in [4.69, 9.17) is 4.74 Å². The lowest BCUT2D eigenvalue weighted by Gasteiger charge is -2.24. The van der Waals surface area contributed by atoms with E-state index in [0.29, 0.717) is 12.1 Å². The van der Waals surface area contributed by atoms with Crippen LogP contribution in [0.3, 0.4) is 0 Å². The topological polar surface area (TPSA) is 122 Å². The molecule has 0 aliphatic carbocycles. The predicted octanol–water partition coefficient (Wildman–Crippen LogP) is 2.00. The highest BCUT2D eigenvalue weighted by molar-refractivity contribution is 7.92. The van der Waals surface area contributed by atoms with Gasteiger partial charge in [-0.2, -0.15) is 0 Å². The second-order valence-electron chi connectivity index (χ2n) is 7.13. The number of urea groups is 1. The highest BCUT2D eigenvalue weighted by atomic mass is 32.2. The van der Waals surface area contributed by atoms with Crippen molar-refractivity contribution < 1.29 is 27.5 Å². The van der Waals surface area contributed by atoms with Crippen molar-refractivity contribution in [1.82, 2.24) is 10.6 Å². The molecule has 0 saturated carbocycles. The van der Waals surface area contributed by atoms with Crippen LogP contribution in [0.2, 0.25) is 0 Å². The van der Waals surface area contributed by atoms with Crippen molar-refractivity contribution >= 4 is 33.6 Å². The number of ether oxygens (including phenoxy) is 1. The second-order valence-corrected chi connectivity index (χ2v) is 8.95. The first-order valence-electron chi connectivity index (χ1n) is 9.82. The van der Waals surface area contributed by atoms with Crippen molar-refractivity contribution in [3.8, 4) is 0 Å². The molecule has 1 heterocycles. The first kappa shape index (κ1) is 23.0. The van der Waals surface area contributed by atoms with Gasteiger partial charge < -0.3 is 10.1 Å². The normalized spacial score (nSPS) is 14.9. The van der Waals surface area contributed by atoms with Crippen molar-refractivity contribution in [1.29, 1.82) is 0 Å². The number of para-hydroxylation sites is 1. The number of hydrogen-bond acceptors (Lipinski definition) is 6. The van der Waals surface area contributed by atoms with E-state index in [-0.39, 0.29) is 23.0 Å². The molecule has 1 unspecified atom stereocenters. The first-order valence-corrected chi connectivity index (χ1v) is 11.3. The van der Waals surface area contributed by atoms with Crippen LogP contribution >= 0.6 is 0 Å². The third-order valence-electron chi connectivity index (χ3n) is 4.77. The monoisotopic (exact) mass is 457 g/mol. The van der Waals surface area contributed by atoms with Gasteiger partial charge in [0.05, 0.1) is 16.1 Å².